The van der Waals surface area contributed by atoms with E-state index in [0.29, 0.717) is 15.6 Å². The third-order valence-corrected chi connectivity index (χ3v) is 3.93. The summed E-state index contributed by atoms with van der Waals surface area (Å²) in [4.78, 5) is 11.6. The van der Waals surface area contributed by atoms with Gasteiger partial charge in [0.15, 0.2) is 0 Å². The number of hydrogen-bond acceptors (Lipinski definition) is 5. The van der Waals surface area contributed by atoms with E-state index in [1.54, 1.807) is 18.2 Å². The van der Waals surface area contributed by atoms with Gasteiger partial charge < -0.3 is 19.9 Å². The zero-order valence-electron chi connectivity index (χ0n) is 14.1. The Labute approximate surface area is 152 Å². The van der Waals surface area contributed by atoms with Gasteiger partial charge in [-0.15, -0.1) is 0 Å². The van der Waals surface area contributed by atoms with Crippen LogP contribution < -0.4 is 15.4 Å². The summed E-state index contributed by atoms with van der Waals surface area (Å²) in [5.41, 5.74) is -0.573. The van der Waals surface area contributed by atoms with E-state index in [1.165, 1.54) is 6.07 Å². The van der Waals surface area contributed by atoms with Crippen molar-refractivity contribution in [2.24, 2.45) is 0 Å². The number of nitrogens with zero attached hydrogens (tertiary/aromatic N) is 3. The van der Waals surface area contributed by atoms with E-state index in [4.69, 9.17) is 5.11 Å². The largest absolute Gasteiger partial charge is 0.857 e. The van der Waals surface area contributed by atoms with E-state index >= 15 is 0 Å². The molecule has 0 aliphatic carbocycles. The van der Waals surface area contributed by atoms with Crippen LogP contribution in [-0.2, 0) is 0 Å². The topological polar surface area (TPSA) is 116 Å². The first-order chi connectivity index (χ1) is 11.6. The lowest BCUT2D eigenvalue weighted by Gasteiger charge is -2.21. The van der Waals surface area contributed by atoms with Crippen molar-refractivity contribution < 1.29 is 19.4 Å². The number of halogens is 1. The Balaban J connectivity index is 0.000000277. The summed E-state index contributed by atoms with van der Waals surface area (Å²) in [6.45, 7) is 1.11. The van der Waals surface area contributed by atoms with Crippen LogP contribution in [0.5, 0.6) is 5.88 Å². The molecule has 8 nitrogen and oxygen atoms in total. The van der Waals surface area contributed by atoms with Gasteiger partial charge in [-0.2, -0.15) is 9.83 Å². The lowest BCUT2D eigenvalue weighted by atomic mass is 10.1. The van der Waals surface area contributed by atoms with Gasteiger partial charge in [-0.25, -0.2) is 5.10 Å². The smallest absolute Gasteiger partial charge is 0.338 e. The molecule has 0 fully saturated rings. The third-order valence-electron chi connectivity index (χ3n) is 3.44. The molecular weight excluding hydrogens is 392 g/mol. The molecule has 0 aliphatic rings. The van der Waals surface area contributed by atoms with E-state index in [9.17, 15) is 15.1 Å². The molecule has 0 radical (unpaired) electrons. The normalized spacial score (nSPS) is 11.4. The molecule has 0 saturated heterocycles. The molecule has 9 heteroatoms. The first-order valence-electron chi connectivity index (χ1n) is 7.46. The summed E-state index contributed by atoms with van der Waals surface area (Å²) in [7, 11) is 6.16. The number of benzene rings is 1. The Hall–Kier alpha value is -2.23. The van der Waals surface area contributed by atoms with Crippen LogP contribution in [-0.4, -0.2) is 54.1 Å². The van der Waals surface area contributed by atoms with Crippen LogP contribution >= 0.6 is 15.9 Å². The molecule has 0 atom stereocenters. The van der Waals surface area contributed by atoms with Crippen LogP contribution in [0, 0.1) is 5.21 Å². The van der Waals surface area contributed by atoms with Gasteiger partial charge in [0.25, 0.3) is 5.52 Å². The second-order valence-electron chi connectivity index (χ2n) is 6.50. The highest BCUT2D eigenvalue weighted by Crippen LogP contribution is 2.22. The zero-order valence-corrected chi connectivity index (χ0v) is 15.7. The number of rotatable bonds is 2. The van der Waals surface area contributed by atoms with Crippen LogP contribution in [0.1, 0.15) is 0 Å². The van der Waals surface area contributed by atoms with Crippen LogP contribution in [0.2, 0.25) is 0 Å². The first kappa shape index (κ1) is 19.1. The average Bonchev–Trinajstić information content (AvgIpc) is 2.50. The number of likely N-dealkylation sites (N-methyl/N-ethyl adjacent to an activating group) is 1. The van der Waals surface area contributed by atoms with Crippen molar-refractivity contribution in [3.63, 3.8) is 0 Å². The van der Waals surface area contributed by atoms with Crippen molar-refractivity contribution in [1.29, 1.82) is 0 Å². The van der Waals surface area contributed by atoms with Crippen molar-refractivity contribution in [3.8, 4) is 5.88 Å². The number of aromatic nitrogens is 3. The molecule has 3 rings (SSSR count). The Morgan fingerprint density at radius 1 is 1.32 bits per heavy atom. The summed E-state index contributed by atoms with van der Waals surface area (Å²) >= 11 is 3.28. The lowest BCUT2D eigenvalue weighted by molar-refractivity contribution is -0.870. The minimum atomic E-state index is -0.676. The monoisotopic (exact) mass is 410 g/mol. The fourth-order valence-electron chi connectivity index (χ4n) is 2.17. The fraction of sp³-hybridized carbons (Fsp3) is 0.312. The molecule has 1 aromatic carbocycles. The number of H-pyrrole nitrogens is 1. The molecule has 0 saturated carbocycles. The van der Waals surface area contributed by atoms with E-state index in [0.717, 1.165) is 15.5 Å². The second-order valence-corrected chi connectivity index (χ2v) is 7.42. The lowest BCUT2D eigenvalue weighted by Crippen LogP contribution is -2.36. The van der Waals surface area contributed by atoms with Gasteiger partial charge in [-0.05, 0) is 18.2 Å². The number of pyridine rings is 1. The molecule has 2 aromatic heterocycles. The van der Waals surface area contributed by atoms with E-state index in [-0.39, 0.29) is 17.5 Å². The summed E-state index contributed by atoms with van der Waals surface area (Å²) in [5, 5.41) is 38.0. The van der Waals surface area contributed by atoms with Gasteiger partial charge in [0, 0.05) is 21.8 Å². The zero-order chi connectivity index (χ0) is 18.8. The number of hydrogen-bond donors (Lipinski definition) is 2. The predicted molar refractivity (Wildman–Crippen MR) is 96.0 cm³/mol. The quantitative estimate of drug-likeness (QED) is 0.271. The summed E-state index contributed by atoms with van der Waals surface area (Å²) in [5.74, 6) is -0.629. The second kappa shape index (κ2) is 7.34. The number of aliphatic hydroxyl groups excluding tert-OH is 1. The van der Waals surface area contributed by atoms with Crippen molar-refractivity contribution in [2.75, 3.05) is 34.3 Å². The van der Waals surface area contributed by atoms with Crippen molar-refractivity contribution in [3.05, 3.63) is 44.3 Å². The molecule has 0 aliphatic heterocycles. The number of nitrogens with one attached hydrogen (secondary N) is 1. The number of aromatic amines is 1. The molecule has 134 valence electrons. The maximum Gasteiger partial charge on any atom is 0.338 e. The van der Waals surface area contributed by atoms with Gasteiger partial charge in [0.1, 0.15) is 6.54 Å². The Kier molecular flexibility index (Phi) is 5.61. The average molecular weight is 411 g/mol. The van der Waals surface area contributed by atoms with Gasteiger partial charge >= 0.3 is 5.56 Å². The standard InChI is InChI=1S/C11H6BrN3O3.C5H14NO/c12-6-1-2-8-5(3-6)4-7-9(15(8)18)11(17)14-13-10(7)16;1-6(2,3)4-5-7/h1-4H,(H,13,16)(H,14,17);7H,4-5H2,1-3H3/q;+1/p-1. The minimum Gasteiger partial charge on any atom is -0.857 e. The Morgan fingerprint density at radius 3 is 2.56 bits per heavy atom. The molecule has 0 amide bonds. The SMILES string of the molecule is C[N+](C)(C)CCO.O=c1[nH]nc([O-])c2cc3cc(Br)ccc3[n+]([O-])c12. The molecule has 2 heterocycles. The van der Waals surface area contributed by atoms with Gasteiger partial charge in [-0.1, -0.05) is 15.9 Å². The predicted octanol–water partition coefficient (Wildman–Crippen LogP) is 0.231. The Bertz CT molecular complexity index is 966. The number of fused-ring (bicyclic) bond motifs is 2. The molecule has 3 aromatic rings. The van der Waals surface area contributed by atoms with E-state index < -0.39 is 11.4 Å². The van der Waals surface area contributed by atoms with Gasteiger partial charge in [-0.3, -0.25) is 4.79 Å². The van der Waals surface area contributed by atoms with Gasteiger partial charge in [0.2, 0.25) is 5.52 Å². The first-order valence-corrected chi connectivity index (χ1v) is 8.26. The van der Waals surface area contributed by atoms with Crippen molar-refractivity contribution in [1.82, 2.24) is 10.2 Å². The molecule has 25 heavy (non-hydrogen) atoms. The molecule has 2 N–H and O–H groups in total. The summed E-state index contributed by atoms with van der Waals surface area (Å²) in [6, 6.07) is 6.46. The minimum absolute atomic E-state index is 0.0133. The highest BCUT2D eigenvalue weighted by molar-refractivity contribution is 9.10. The molecule has 0 spiro atoms. The van der Waals surface area contributed by atoms with Gasteiger partial charge in [0.05, 0.1) is 33.1 Å². The number of quaternary nitrogens is 1. The van der Waals surface area contributed by atoms with Crippen LogP contribution in [0.4, 0.5) is 0 Å². The number of aliphatic hydroxyl groups is 1. The van der Waals surface area contributed by atoms with Crippen LogP contribution in [0.15, 0.2) is 33.5 Å². The van der Waals surface area contributed by atoms with Crippen LogP contribution in [0.3, 0.4) is 0 Å². The van der Waals surface area contributed by atoms with E-state index in [1.807, 2.05) is 5.10 Å². The molecule has 0 bridgehead atoms. The van der Waals surface area contributed by atoms with Crippen molar-refractivity contribution >= 4 is 37.7 Å². The third kappa shape index (κ3) is 4.44. The summed E-state index contributed by atoms with van der Waals surface area (Å²) in [6.07, 6.45) is 0. The highest BCUT2D eigenvalue weighted by Gasteiger charge is 2.15. The van der Waals surface area contributed by atoms with Crippen LogP contribution in [0.25, 0.3) is 21.8 Å². The highest BCUT2D eigenvalue weighted by atomic mass is 79.9. The molecular formula is C16H19BrN4O4. The summed E-state index contributed by atoms with van der Waals surface area (Å²) < 4.78 is 2.08. The maximum atomic E-state index is 12.1. The fourth-order valence-corrected chi connectivity index (χ4v) is 2.55. The van der Waals surface area contributed by atoms with Crippen molar-refractivity contribution in [2.45, 2.75) is 0 Å². The molecule has 0 unspecified atom stereocenters. The maximum absolute atomic E-state index is 12.1. The van der Waals surface area contributed by atoms with E-state index in [2.05, 4.69) is 42.2 Å². The Morgan fingerprint density at radius 2 is 2.00 bits per heavy atom.